The van der Waals surface area contributed by atoms with E-state index < -0.39 is 0 Å². The second-order valence-corrected chi connectivity index (χ2v) is 7.07. The minimum absolute atomic E-state index is 0.460. The average Bonchev–Trinajstić information content (AvgIpc) is 2.87. The zero-order valence-electron chi connectivity index (χ0n) is 13.6. The molecule has 0 aliphatic heterocycles. The van der Waals surface area contributed by atoms with Crippen molar-refractivity contribution in [2.75, 3.05) is 11.4 Å². The van der Waals surface area contributed by atoms with E-state index in [4.69, 9.17) is 22.9 Å². The highest BCUT2D eigenvalue weighted by Crippen LogP contribution is 2.31. The SMILES string of the molecule is Cc1cc(C)c(C(N)=S)c(N(CC(C)C)C2CCCC2)n1. The molecule has 1 saturated carbocycles. The first-order chi connectivity index (χ1) is 9.90. The van der Waals surface area contributed by atoms with E-state index in [1.54, 1.807) is 0 Å². The Kier molecular flexibility index (Phi) is 5.20. The number of nitrogens with two attached hydrogens (primary N) is 1. The summed E-state index contributed by atoms with van der Waals surface area (Å²) in [5.41, 5.74) is 9.13. The first-order valence-electron chi connectivity index (χ1n) is 7.94. The fourth-order valence-electron chi connectivity index (χ4n) is 3.35. The lowest BCUT2D eigenvalue weighted by molar-refractivity contribution is 0.530. The summed E-state index contributed by atoms with van der Waals surface area (Å²) in [7, 11) is 0. The van der Waals surface area contributed by atoms with Gasteiger partial charge in [0.05, 0.1) is 5.56 Å². The Bertz CT molecular complexity index is 519. The molecule has 4 heteroatoms. The molecule has 0 amide bonds. The molecule has 1 heterocycles. The lowest BCUT2D eigenvalue weighted by Crippen LogP contribution is -2.38. The van der Waals surface area contributed by atoms with Gasteiger partial charge in [0.15, 0.2) is 0 Å². The predicted octanol–water partition coefficient (Wildman–Crippen LogP) is 3.74. The Labute approximate surface area is 133 Å². The molecule has 21 heavy (non-hydrogen) atoms. The van der Waals surface area contributed by atoms with Gasteiger partial charge in [-0.25, -0.2) is 4.98 Å². The van der Waals surface area contributed by atoms with Crippen LogP contribution in [-0.4, -0.2) is 22.6 Å². The van der Waals surface area contributed by atoms with E-state index in [0.717, 1.165) is 29.2 Å². The van der Waals surface area contributed by atoms with Gasteiger partial charge < -0.3 is 10.6 Å². The number of anilines is 1. The van der Waals surface area contributed by atoms with E-state index in [9.17, 15) is 0 Å². The number of thiocarbonyl (C=S) groups is 1. The normalized spacial score (nSPS) is 15.7. The second kappa shape index (κ2) is 6.73. The maximum absolute atomic E-state index is 6.00. The van der Waals surface area contributed by atoms with Crippen molar-refractivity contribution in [1.29, 1.82) is 0 Å². The topological polar surface area (TPSA) is 42.1 Å². The Morgan fingerprint density at radius 1 is 1.38 bits per heavy atom. The molecule has 1 aromatic heterocycles. The van der Waals surface area contributed by atoms with Gasteiger partial charge in [0, 0.05) is 18.3 Å². The summed E-state index contributed by atoms with van der Waals surface area (Å²) < 4.78 is 0. The van der Waals surface area contributed by atoms with Gasteiger partial charge in [0.25, 0.3) is 0 Å². The molecule has 2 N–H and O–H groups in total. The van der Waals surface area contributed by atoms with Crippen LogP contribution in [0.15, 0.2) is 6.07 Å². The summed E-state index contributed by atoms with van der Waals surface area (Å²) in [6.45, 7) is 9.64. The van der Waals surface area contributed by atoms with Crippen LogP contribution in [0.1, 0.15) is 56.4 Å². The summed E-state index contributed by atoms with van der Waals surface area (Å²) in [4.78, 5) is 7.74. The molecule has 0 atom stereocenters. The number of rotatable bonds is 5. The minimum Gasteiger partial charge on any atom is -0.389 e. The van der Waals surface area contributed by atoms with Crippen molar-refractivity contribution < 1.29 is 0 Å². The monoisotopic (exact) mass is 305 g/mol. The lowest BCUT2D eigenvalue weighted by Gasteiger charge is -2.33. The first kappa shape index (κ1) is 16.2. The zero-order chi connectivity index (χ0) is 15.6. The molecule has 1 aliphatic rings. The van der Waals surface area contributed by atoms with Crippen LogP contribution in [0, 0.1) is 19.8 Å². The van der Waals surface area contributed by atoms with Gasteiger partial charge in [0.2, 0.25) is 0 Å². The number of hydrogen-bond donors (Lipinski definition) is 1. The van der Waals surface area contributed by atoms with Crippen LogP contribution in [0.4, 0.5) is 5.82 Å². The van der Waals surface area contributed by atoms with Crippen LogP contribution in [0.25, 0.3) is 0 Å². The van der Waals surface area contributed by atoms with E-state index in [0.29, 0.717) is 16.9 Å². The van der Waals surface area contributed by atoms with Gasteiger partial charge in [-0.1, -0.05) is 38.9 Å². The van der Waals surface area contributed by atoms with Crippen LogP contribution in [0.3, 0.4) is 0 Å². The third-order valence-corrected chi connectivity index (χ3v) is 4.38. The van der Waals surface area contributed by atoms with Gasteiger partial charge in [-0.15, -0.1) is 0 Å². The first-order valence-corrected chi connectivity index (χ1v) is 8.35. The van der Waals surface area contributed by atoms with E-state index in [1.807, 2.05) is 6.92 Å². The van der Waals surface area contributed by atoms with Gasteiger partial charge in [-0.2, -0.15) is 0 Å². The molecule has 3 nitrogen and oxygen atoms in total. The molecular formula is C17H27N3S. The quantitative estimate of drug-likeness (QED) is 0.842. The largest absolute Gasteiger partial charge is 0.389 e. The van der Waals surface area contributed by atoms with Crippen LogP contribution in [0.5, 0.6) is 0 Å². The number of pyridine rings is 1. The maximum atomic E-state index is 6.00. The summed E-state index contributed by atoms with van der Waals surface area (Å²) in [5.74, 6) is 1.59. The molecule has 0 spiro atoms. The van der Waals surface area contributed by atoms with Gasteiger partial charge in [0.1, 0.15) is 10.8 Å². The molecular weight excluding hydrogens is 278 g/mol. The molecule has 0 bridgehead atoms. The standard InChI is InChI=1S/C17H27N3S/c1-11(2)10-20(14-7-5-6-8-14)17-15(16(18)21)12(3)9-13(4)19-17/h9,11,14H,5-8,10H2,1-4H3,(H2,18,21). The molecule has 116 valence electrons. The Balaban J connectivity index is 2.49. The van der Waals surface area contributed by atoms with Crippen LogP contribution in [0.2, 0.25) is 0 Å². The van der Waals surface area contributed by atoms with Crippen molar-refractivity contribution in [1.82, 2.24) is 4.98 Å². The zero-order valence-corrected chi connectivity index (χ0v) is 14.5. The van der Waals surface area contributed by atoms with Crippen LogP contribution in [-0.2, 0) is 0 Å². The molecule has 1 aliphatic carbocycles. The molecule has 0 aromatic carbocycles. The van der Waals surface area contributed by atoms with Crippen LogP contribution >= 0.6 is 12.2 Å². The fraction of sp³-hybridized carbons (Fsp3) is 0.647. The van der Waals surface area contributed by atoms with E-state index in [1.165, 1.54) is 25.7 Å². The van der Waals surface area contributed by atoms with Crippen molar-refractivity contribution in [3.8, 4) is 0 Å². The highest BCUT2D eigenvalue weighted by atomic mass is 32.1. The molecule has 1 aromatic rings. The highest BCUT2D eigenvalue weighted by Gasteiger charge is 2.27. The predicted molar refractivity (Wildman–Crippen MR) is 94.0 cm³/mol. The summed E-state index contributed by atoms with van der Waals surface area (Å²) in [6, 6.07) is 2.65. The lowest BCUT2D eigenvalue weighted by atomic mass is 10.1. The number of aryl methyl sites for hydroxylation is 2. The molecule has 0 radical (unpaired) electrons. The third kappa shape index (κ3) is 3.73. The minimum atomic E-state index is 0.460. The van der Waals surface area contributed by atoms with Crippen molar-refractivity contribution in [2.24, 2.45) is 11.7 Å². The highest BCUT2D eigenvalue weighted by molar-refractivity contribution is 7.80. The fourth-order valence-corrected chi connectivity index (χ4v) is 3.60. The molecule has 0 saturated heterocycles. The smallest absolute Gasteiger partial charge is 0.139 e. The average molecular weight is 305 g/mol. The number of aromatic nitrogens is 1. The van der Waals surface area contributed by atoms with Crippen molar-refractivity contribution >= 4 is 23.0 Å². The van der Waals surface area contributed by atoms with Gasteiger partial charge in [-0.05, 0) is 44.2 Å². The van der Waals surface area contributed by atoms with Crippen molar-refractivity contribution in [3.63, 3.8) is 0 Å². The Hall–Kier alpha value is -1.16. The number of nitrogens with zero attached hydrogens (tertiary/aromatic N) is 2. The molecule has 0 unspecified atom stereocenters. The van der Waals surface area contributed by atoms with E-state index >= 15 is 0 Å². The van der Waals surface area contributed by atoms with Crippen molar-refractivity contribution in [3.05, 3.63) is 22.9 Å². The third-order valence-electron chi connectivity index (χ3n) is 4.17. The van der Waals surface area contributed by atoms with E-state index in [2.05, 4.69) is 31.7 Å². The van der Waals surface area contributed by atoms with E-state index in [-0.39, 0.29) is 0 Å². The molecule has 1 fully saturated rings. The summed E-state index contributed by atoms with van der Waals surface area (Å²) >= 11 is 5.30. The maximum Gasteiger partial charge on any atom is 0.139 e. The van der Waals surface area contributed by atoms with Gasteiger partial charge >= 0.3 is 0 Å². The van der Waals surface area contributed by atoms with Gasteiger partial charge in [-0.3, -0.25) is 0 Å². The molecule has 2 rings (SSSR count). The Morgan fingerprint density at radius 3 is 2.52 bits per heavy atom. The summed E-state index contributed by atoms with van der Waals surface area (Å²) in [5, 5.41) is 0. The van der Waals surface area contributed by atoms with Crippen molar-refractivity contribution in [2.45, 2.75) is 59.4 Å². The number of hydrogen-bond acceptors (Lipinski definition) is 3. The summed E-state index contributed by atoms with van der Waals surface area (Å²) in [6.07, 6.45) is 5.12. The Morgan fingerprint density at radius 2 is 2.00 bits per heavy atom. The van der Waals surface area contributed by atoms with Crippen LogP contribution < -0.4 is 10.6 Å². The second-order valence-electron chi connectivity index (χ2n) is 6.63.